The number of aromatic nitrogens is 1. The second kappa shape index (κ2) is 7.52. The number of benzene rings is 2. The van der Waals surface area contributed by atoms with Crippen LogP contribution < -0.4 is 4.74 Å². The van der Waals surface area contributed by atoms with E-state index in [4.69, 9.17) is 16.3 Å². The smallest absolute Gasteiger partial charge is 0.228 e. The Balaban J connectivity index is 1.87. The molecule has 1 aliphatic heterocycles. The van der Waals surface area contributed by atoms with E-state index in [1.807, 2.05) is 30.3 Å². The standard InChI is InChI=1S/C25H22ClFN2O4/c1-29(2)23(31)19-20(14-6-4-3-5-7-14)25(15-8-10-17(27)11-9-15)24(32,22(19)30)21-18(33-25)12-16(26)13-28-21/h3-13,19-20,22,30,32H,1-2H3. The number of rotatable bonds is 3. The Bertz CT molecular complexity index is 1220. The van der Waals surface area contributed by atoms with E-state index >= 15 is 0 Å². The van der Waals surface area contributed by atoms with E-state index in [-0.39, 0.29) is 17.4 Å². The number of hydrogen-bond acceptors (Lipinski definition) is 5. The molecule has 0 bridgehead atoms. The first kappa shape index (κ1) is 21.8. The highest BCUT2D eigenvalue weighted by molar-refractivity contribution is 6.30. The van der Waals surface area contributed by atoms with Crippen LogP contribution in [0.5, 0.6) is 5.75 Å². The normalized spacial score (nSPS) is 29.8. The zero-order chi connectivity index (χ0) is 23.5. The van der Waals surface area contributed by atoms with Gasteiger partial charge in [-0.1, -0.05) is 54.1 Å². The maximum absolute atomic E-state index is 13.9. The number of hydrogen-bond donors (Lipinski definition) is 2. The molecule has 1 fully saturated rings. The summed E-state index contributed by atoms with van der Waals surface area (Å²) in [5.74, 6) is -2.54. The molecule has 1 aromatic heterocycles. The first-order chi connectivity index (χ1) is 15.7. The molecule has 0 spiro atoms. The van der Waals surface area contributed by atoms with Gasteiger partial charge >= 0.3 is 0 Å². The van der Waals surface area contributed by atoms with Crippen LogP contribution in [0.2, 0.25) is 5.02 Å². The van der Waals surface area contributed by atoms with Crippen molar-refractivity contribution in [3.8, 4) is 5.75 Å². The highest BCUT2D eigenvalue weighted by atomic mass is 35.5. The Morgan fingerprint density at radius 3 is 2.45 bits per heavy atom. The number of ether oxygens (including phenoxy) is 1. The third kappa shape index (κ3) is 2.86. The van der Waals surface area contributed by atoms with Crippen LogP contribution in [-0.4, -0.2) is 46.2 Å². The summed E-state index contributed by atoms with van der Waals surface area (Å²) in [6.07, 6.45) is -0.217. The number of pyridine rings is 1. The predicted molar refractivity (Wildman–Crippen MR) is 119 cm³/mol. The maximum Gasteiger partial charge on any atom is 0.228 e. The highest BCUT2D eigenvalue weighted by Gasteiger charge is 2.78. The molecule has 5 atom stereocenters. The van der Waals surface area contributed by atoms with Gasteiger partial charge in [0, 0.05) is 32.3 Å². The molecule has 2 aromatic carbocycles. The van der Waals surface area contributed by atoms with Gasteiger partial charge in [0.25, 0.3) is 0 Å². The van der Waals surface area contributed by atoms with Crippen molar-refractivity contribution in [1.82, 2.24) is 9.88 Å². The molecule has 5 rings (SSSR count). The SMILES string of the molecule is CN(C)C(=O)C1C(O)C2(O)c3ncc(Cl)cc3OC2(c2ccc(F)cc2)C1c1ccccc1. The molecule has 5 unspecified atom stereocenters. The van der Waals surface area contributed by atoms with Gasteiger partial charge in [-0.05, 0) is 23.3 Å². The van der Waals surface area contributed by atoms with Gasteiger partial charge in [0.1, 0.15) is 23.4 Å². The molecule has 8 heteroatoms. The zero-order valence-electron chi connectivity index (χ0n) is 17.9. The minimum atomic E-state index is -2.11. The number of aliphatic hydroxyl groups is 2. The summed E-state index contributed by atoms with van der Waals surface area (Å²) < 4.78 is 20.4. The second-order valence-corrected chi connectivity index (χ2v) is 9.14. The molecule has 170 valence electrons. The quantitative estimate of drug-likeness (QED) is 0.616. The molecular formula is C25H22ClFN2O4. The van der Waals surface area contributed by atoms with Gasteiger partial charge in [-0.25, -0.2) is 4.39 Å². The van der Waals surface area contributed by atoms with Crippen LogP contribution in [0.4, 0.5) is 4.39 Å². The van der Waals surface area contributed by atoms with E-state index < -0.39 is 35.0 Å². The summed E-state index contributed by atoms with van der Waals surface area (Å²) in [7, 11) is 3.18. The van der Waals surface area contributed by atoms with E-state index in [0.29, 0.717) is 16.1 Å². The Morgan fingerprint density at radius 2 is 1.82 bits per heavy atom. The van der Waals surface area contributed by atoms with Crippen LogP contribution in [0.15, 0.2) is 66.9 Å². The average Bonchev–Trinajstić information content (AvgIpc) is 3.17. The van der Waals surface area contributed by atoms with Gasteiger partial charge in [-0.3, -0.25) is 9.78 Å². The summed E-state index contributed by atoms with van der Waals surface area (Å²) in [6.45, 7) is 0. The molecule has 33 heavy (non-hydrogen) atoms. The van der Waals surface area contributed by atoms with E-state index in [1.54, 1.807) is 14.1 Å². The lowest BCUT2D eigenvalue weighted by atomic mass is 9.71. The summed E-state index contributed by atoms with van der Waals surface area (Å²) >= 11 is 6.15. The fourth-order valence-corrected chi connectivity index (χ4v) is 5.55. The number of fused-ring (bicyclic) bond motifs is 3. The van der Waals surface area contributed by atoms with Crippen molar-refractivity contribution < 1.29 is 24.1 Å². The fourth-order valence-electron chi connectivity index (χ4n) is 5.40. The molecule has 6 nitrogen and oxygen atoms in total. The van der Waals surface area contributed by atoms with Gasteiger partial charge in [-0.15, -0.1) is 0 Å². The number of carbonyl (C=O) groups is 1. The molecule has 2 heterocycles. The minimum Gasteiger partial charge on any atom is -0.476 e. The lowest BCUT2D eigenvalue weighted by Crippen LogP contribution is -2.52. The first-order valence-corrected chi connectivity index (χ1v) is 10.9. The van der Waals surface area contributed by atoms with Crippen molar-refractivity contribution in [3.05, 3.63) is 94.5 Å². The van der Waals surface area contributed by atoms with Gasteiger partial charge in [-0.2, -0.15) is 0 Å². The number of aliphatic hydroxyl groups excluding tert-OH is 1. The molecular weight excluding hydrogens is 447 g/mol. The Morgan fingerprint density at radius 1 is 1.15 bits per heavy atom. The van der Waals surface area contributed by atoms with Gasteiger partial charge < -0.3 is 19.8 Å². The maximum atomic E-state index is 13.9. The van der Waals surface area contributed by atoms with Crippen LogP contribution in [0, 0.1) is 11.7 Å². The van der Waals surface area contributed by atoms with E-state index in [1.165, 1.54) is 41.4 Å². The number of nitrogens with zero attached hydrogens (tertiary/aromatic N) is 2. The van der Waals surface area contributed by atoms with Gasteiger partial charge in [0.15, 0.2) is 11.2 Å². The third-order valence-electron chi connectivity index (χ3n) is 6.74. The molecule has 1 saturated carbocycles. The second-order valence-electron chi connectivity index (χ2n) is 8.70. The summed E-state index contributed by atoms with van der Waals surface area (Å²) in [5, 5.41) is 24.2. The summed E-state index contributed by atoms with van der Waals surface area (Å²) in [4.78, 5) is 19.1. The third-order valence-corrected chi connectivity index (χ3v) is 6.95. The van der Waals surface area contributed by atoms with E-state index in [9.17, 15) is 19.4 Å². The molecule has 0 saturated heterocycles. The fraction of sp³-hybridized carbons (Fsp3) is 0.280. The van der Waals surface area contributed by atoms with Crippen LogP contribution in [0.25, 0.3) is 0 Å². The van der Waals surface area contributed by atoms with Crippen LogP contribution in [-0.2, 0) is 16.0 Å². The number of carbonyl (C=O) groups excluding carboxylic acids is 1. The predicted octanol–water partition coefficient (Wildman–Crippen LogP) is 3.21. The van der Waals surface area contributed by atoms with E-state index in [0.717, 1.165) is 0 Å². The van der Waals surface area contributed by atoms with Gasteiger partial charge in [0.2, 0.25) is 5.91 Å². The number of halogens is 2. The molecule has 1 amide bonds. The molecule has 3 aromatic rings. The Kier molecular flexibility index (Phi) is 4.97. The largest absolute Gasteiger partial charge is 0.476 e. The molecule has 2 aliphatic rings. The Hall–Kier alpha value is -3.00. The number of amides is 1. The molecule has 1 aliphatic carbocycles. The topological polar surface area (TPSA) is 82.9 Å². The van der Waals surface area contributed by atoms with E-state index in [2.05, 4.69) is 4.98 Å². The summed E-state index contributed by atoms with van der Waals surface area (Å²) in [5.41, 5.74) is -2.61. The van der Waals surface area contributed by atoms with Crippen LogP contribution in [0.3, 0.4) is 0 Å². The van der Waals surface area contributed by atoms with Crippen molar-refractivity contribution in [3.63, 3.8) is 0 Å². The summed E-state index contributed by atoms with van der Waals surface area (Å²) in [6, 6.07) is 16.1. The average molecular weight is 469 g/mol. The first-order valence-electron chi connectivity index (χ1n) is 10.5. The minimum absolute atomic E-state index is 0.0821. The van der Waals surface area contributed by atoms with Crippen LogP contribution >= 0.6 is 11.6 Å². The zero-order valence-corrected chi connectivity index (χ0v) is 18.7. The lowest BCUT2D eigenvalue weighted by molar-refractivity contribution is -0.157. The monoisotopic (exact) mass is 468 g/mol. The van der Waals surface area contributed by atoms with Gasteiger partial charge in [0.05, 0.1) is 10.9 Å². The van der Waals surface area contributed by atoms with Crippen molar-refractivity contribution in [2.45, 2.75) is 23.2 Å². The highest BCUT2D eigenvalue weighted by Crippen LogP contribution is 2.68. The van der Waals surface area contributed by atoms with Crippen molar-refractivity contribution in [2.24, 2.45) is 5.92 Å². The lowest BCUT2D eigenvalue weighted by Gasteiger charge is -2.40. The molecule has 0 radical (unpaired) electrons. The van der Waals surface area contributed by atoms with Crippen molar-refractivity contribution >= 4 is 17.5 Å². The Labute approximate surface area is 195 Å². The van der Waals surface area contributed by atoms with Crippen molar-refractivity contribution in [2.75, 3.05) is 14.1 Å². The molecule has 2 N–H and O–H groups in total. The van der Waals surface area contributed by atoms with Crippen molar-refractivity contribution in [1.29, 1.82) is 0 Å². The van der Waals surface area contributed by atoms with Crippen LogP contribution in [0.1, 0.15) is 22.7 Å².